The maximum absolute atomic E-state index is 12.2. The predicted molar refractivity (Wildman–Crippen MR) is 113 cm³/mol. The van der Waals surface area contributed by atoms with E-state index in [9.17, 15) is 4.79 Å². The fourth-order valence-electron chi connectivity index (χ4n) is 4.02. The van der Waals surface area contributed by atoms with Gasteiger partial charge in [-0.1, -0.05) is 6.07 Å². The van der Waals surface area contributed by atoms with Crippen LogP contribution in [0, 0.1) is 13.8 Å². The van der Waals surface area contributed by atoms with Gasteiger partial charge in [-0.25, -0.2) is 4.98 Å². The molecule has 0 aliphatic carbocycles. The lowest BCUT2D eigenvalue weighted by molar-refractivity contribution is 0.324. The van der Waals surface area contributed by atoms with Crippen molar-refractivity contribution in [3.8, 4) is 17.0 Å². The highest BCUT2D eigenvalue weighted by atomic mass is 16.5. The molecule has 0 bridgehead atoms. The molecule has 6 nitrogen and oxygen atoms in total. The number of hydrogen-bond acceptors (Lipinski definition) is 5. The second-order valence-corrected chi connectivity index (χ2v) is 7.66. The Balaban J connectivity index is 1.51. The second-order valence-electron chi connectivity index (χ2n) is 7.66. The molecule has 0 spiro atoms. The van der Waals surface area contributed by atoms with E-state index in [-0.39, 0.29) is 11.5 Å². The summed E-state index contributed by atoms with van der Waals surface area (Å²) in [5.41, 5.74) is 5.20. The van der Waals surface area contributed by atoms with Crippen LogP contribution in [0.3, 0.4) is 0 Å². The molecule has 1 atom stereocenters. The van der Waals surface area contributed by atoms with E-state index >= 15 is 0 Å². The maximum Gasteiger partial charge on any atom is 0.251 e. The number of nitrogens with zero attached hydrogens (tertiary/aromatic N) is 3. The summed E-state index contributed by atoms with van der Waals surface area (Å²) in [6, 6.07) is 9.51. The highest BCUT2D eigenvalue weighted by molar-refractivity contribution is 5.57. The van der Waals surface area contributed by atoms with Crippen molar-refractivity contribution in [2.45, 2.75) is 32.7 Å². The average Bonchev–Trinajstić information content (AvgIpc) is 3.20. The van der Waals surface area contributed by atoms with Gasteiger partial charge >= 0.3 is 0 Å². The van der Waals surface area contributed by atoms with Gasteiger partial charge in [-0.05, 0) is 61.7 Å². The topological polar surface area (TPSA) is 71.1 Å². The molecule has 6 heteroatoms. The normalized spacial score (nSPS) is 16.9. The third-order valence-electron chi connectivity index (χ3n) is 5.84. The Morgan fingerprint density at radius 3 is 2.86 bits per heavy atom. The summed E-state index contributed by atoms with van der Waals surface area (Å²) in [6.45, 7) is 7.00. The standard InChI is InChI=1S/C23H26N4O2/c1-15-16(2)21(29-3)7-6-18(15)13-27-10-8-19(14-27)23-25-20(11-22(28)26-23)17-5-4-9-24-12-17/h4-7,9,11-12,19H,8,10,13-14H2,1-3H3,(H,25,26,28)/t19-/m0/s1. The Labute approximate surface area is 170 Å². The van der Waals surface area contributed by atoms with E-state index in [1.54, 1.807) is 19.5 Å². The second kappa shape index (κ2) is 8.17. The van der Waals surface area contributed by atoms with Crippen LogP contribution < -0.4 is 10.3 Å². The SMILES string of the molecule is COc1ccc(CN2CC[C@H](c3nc(-c4cccnc4)cc(=O)[nH]3)C2)c(C)c1C. The van der Waals surface area contributed by atoms with Crippen LogP contribution in [-0.4, -0.2) is 40.1 Å². The zero-order chi connectivity index (χ0) is 20.4. The van der Waals surface area contributed by atoms with Crippen LogP contribution in [0.15, 0.2) is 47.5 Å². The summed E-state index contributed by atoms with van der Waals surface area (Å²) in [4.78, 5) is 26.5. The zero-order valence-corrected chi connectivity index (χ0v) is 17.1. The van der Waals surface area contributed by atoms with Crippen LogP contribution in [0.5, 0.6) is 5.75 Å². The molecule has 1 aromatic carbocycles. The summed E-state index contributed by atoms with van der Waals surface area (Å²) < 4.78 is 5.42. The van der Waals surface area contributed by atoms with Crippen molar-refractivity contribution in [3.05, 3.63) is 75.6 Å². The van der Waals surface area contributed by atoms with Crippen molar-refractivity contribution in [2.24, 2.45) is 0 Å². The van der Waals surface area contributed by atoms with Gasteiger partial charge in [0.2, 0.25) is 0 Å². The number of aromatic amines is 1. The molecular weight excluding hydrogens is 364 g/mol. The highest BCUT2D eigenvalue weighted by Crippen LogP contribution is 2.29. The minimum Gasteiger partial charge on any atom is -0.496 e. The van der Waals surface area contributed by atoms with Gasteiger partial charge in [0, 0.05) is 43.0 Å². The number of pyridine rings is 1. The quantitative estimate of drug-likeness (QED) is 0.723. The first-order valence-electron chi connectivity index (χ1n) is 9.92. The van der Waals surface area contributed by atoms with Crippen LogP contribution in [-0.2, 0) is 6.54 Å². The first kappa shape index (κ1) is 19.3. The lowest BCUT2D eigenvalue weighted by Gasteiger charge is -2.19. The number of aromatic nitrogens is 3. The summed E-state index contributed by atoms with van der Waals surface area (Å²) in [5, 5.41) is 0. The van der Waals surface area contributed by atoms with Crippen LogP contribution in [0.1, 0.15) is 34.9 Å². The smallest absolute Gasteiger partial charge is 0.251 e. The van der Waals surface area contributed by atoms with Gasteiger partial charge < -0.3 is 9.72 Å². The van der Waals surface area contributed by atoms with Crippen LogP contribution in [0.4, 0.5) is 0 Å². The van der Waals surface area contributed by atoms with E-state index in [0.29, 0.717) is 5.69 Å². The van der Waals surface area contributed by atoms with E-state index in [2.05, 4.69) is 34.8 Å². The first-order valence-corrected chi connectivity index (χ1v) is 9.92. The van der Waals surface area contributed by atoms with Crippen LogP contribution >= 0.6 is 0 Å². The molecule has 1 N–H and O–H groups in total. The number of likely N-dealkylation sites (tertiary alicyclic amines) is 1. The molecule has 1 aliphatic heterocycles. The molecule has 0 saturated carbocycles. The Bertz CT molecular complexity index is 1060. The monoisotopic (exact) mass is 390 g/mol. The van der Waals surface area contributed by atoms with Crippen LogP contribution in [0.25, 0.3) is 11.3 Å². The van der Waals surface area contributed by atoms with Gasteiger partial charge in [-0.15, -0.1) is 0 Å². The van der Waals surface area contributed by atoms with Gasteiger partial charge in [0.05, 0.1) is 12.8 Å². The molecule has 150 valence electrons. The first-order chi connectivity index (χ1) is 14.0. The summed E-state index contributed by atoms with van der Waals surface area (Å²) in [6.07, 6.45) is 4.43. The summed E-state index contributed by atoms with van der Waals surface area (Å²) in [7, 11) is 1.71. The van der Waals surface area contributed by atoms with Crippen molar-refractivity contribution < 1.29 is 4.74 Å². The van der Waals surface area contributed by atoms with Gasteiger partial charge in [0.25, 0.3) is 5.56 Å². The number of hydrogen-bond donors (Lipinski definition) is 1. The third-order valence-corrected chi connectivity index (χ3v) is 5.84. The van der Waals surface area contributed by atoms with E-state index < -0.39 is 0 Å². The third kappa shape index (κ3) is 4.07. The number of rotatable bonds is 5. The molecule has 1 fully saturated rings. The Kier molecular flexibility index (Phi) is 5.45. The average molecular weight is 390 g/mol. The molecule has 0 unspecified atom stereocenters. The lowest BCUT2D eigenvalue weighted by atomic mass is 10.0. The number of benzene rings is 1. The summed E-state index contributed by atoms with van der Waals surface area (Å²) >= 11 is 0. The molecule has 0 amide bonds. The molecular formula is C23H26N4O2. The molecule has 1 saturated heterocycles. The number of ether oxygens (including phenoxy) is 1. The fraction of sp³-hybridized carbons (Fsp3) is 0.348. The molecule has 3 heterocycles. The number of methoxy groups -OCH3 is 1. The van der Waals surface area contributed by atoms with E-state index in [1.807, 2.05) is 18.2 Å². The van der Waals surface area contributed by atoms with Gasteiger partial charge in [0.1, 0.15) is 11.6 Å². The van der Waals surface area contributed by atoms with Gasteiger partial charge in [0.15, 0.2) is 0 Å². The Morgan fingerprint density at radius 1 is 1.24 bits per heavy atom. The zero-order valence-electron chi connectivity index (χ0n) is 17.1. The minimum absolute atomic E-state index is 0.117. The van der Waals surface area contributed by atoms with E-state index in [4.69, 9.17) is 9.72 Å². The summed E-state index contributed by atoms with van der Waals surface area (Å²) in [5.74, 6) is 1.92. The molecule has 1 aliphatic rings. The van der Waals surface area contributed by atoms with Gasteiger partial charge in [-0.3, -0.25) is 14.7 Å². The molecule has 3 aromatic rings. The fourth-order valence-corrected chi connectivity index (χ4v) is 4.02. The van der Waals surface area contributed by atoms with Crippen molar-refractivity contribution >= 4 is 0 Å². The van der Waals surface area contributed by atoms with Crippen molar-refractivity contribution in [1.82, 2.24) is 19.9 Å². The van der Waals surface area contributed by atoms with E-state index in [1.165, 1.54) is 22.8 Å². The maximum atomic E-state index is 12.2. The van der Waals surface area contributed by atoms with Crippen molar-refractivity contribution in [3.63, 3.8) is 0 Å². The van der Waals surface area contributed by atoms with Gasteiger partial charge in [-0.2, -0.15) is 0 Å². The largest absolute Gasteiger partial charge is 0.496 e. The van der Waals surface area contributed by atoms with Crippen LogP contribution in [0.2, 0.25) is 0 Å². The highest BCUT2D eigenvalue weighted by Gasteiger charge is 2.26. The lowest BCUT2D eigenvalue weighted by Crippen LogP contribution is -2.22. The molecule has 2 aromatic heterocycles. The van der Waals surface area contributed by atoms with E-state index in [0.717, 1.165) is 43.2 Å². The number of H-pyrrole nitrogens is 1. The molecule has 0 radical (unpaired) electrons. The molecule has 29 heavy (non-hydrogen) atoms. The van der Waals surface area contributed by atoms with Crippen molar-refractivity contribution in [2.75, 3.05) is 20.2 Å². The van der Waals surface area contributed by atoms with Crippen molar-refractivity contribution in [1.29, 1.82) is 0 Å². The Morgan fingerprint density at radius 2 is 2.10 bits per heavy atom. The predicted octanol–water partition coefficient (Wildman–Crippen LogP) is 3.45. The minimum atomic E-state index is -0.117. The Hall–Kier alpha value is -2.99. The number of nitrogens with one attached hydrogen (secondary N) is 1. The molecule has 4 rings (SSSR count).